The quantitative estimate of drug-likeness (QED) is 0.565. The summed E-state index contributed by atoms with van der Waals surface area (Å²) < 4.78 is 32.0. The van der Waals surface area contributed by atoms with Gasteiger partial charge in [-0.15, -0.1) is 0 Å². The summed E-state index contributed by atoms with van der Waals surface area (Å²) in [7, 11) is -3.77. The minimum atomic E-state index is -3.77. The number of carbonyl (C=O) groups excluding carboxylic acids is 1. The smallest absolute Gasteiger partial charge is 0.265 e. The second-order valence-electron chi connectivity index (χ2n) is 5.88. The molecule has 4 rings (SSSR count). The summed E-state index contributed by atoms with van der Waals surface area (Å²) in [5, 5.41) is 5.26. The third-order valence-corrected chi connectivity index (χ3v) is 5.91. The Kier molecular flexibility index (Phi) is 3.77. The summed E-state index contributed by atoms with van der Waals surface area (Å²) in [6.45, 7) is 1.44. The van der Waals surface area contributed by atoms with Crippen LogP contribution in [0.3, 0.4) is 0 Å². The number of hydrazone groups is 1. The summed E-state index contributed by atoms with van der Waals surface area (Å²) in [5.41, 5.74) is 2.83. The lowest BCUT2D eigenvalue weighted by Crippen LogP contribution is -2.37. The number of benzene rings is 2. The molecular formula is C18H15N3O4S. The molecule has 1 amide bonds. The molecule has 8 heteroatoms. The molecule has 0 atom stereocenters. The van der Waals surface area contributed by atoms with E-state index in [0.29, 0.717) is 16.8 Å². The number of nitrogens with one attached hydrogen (secondary N) is 1. The van der Waals surface area contributed by atoms with Gasteiger partial charge in [0.1, 0.15) is 18.1 Å². The molecule has 1 aliphatic rings. The third kappa shape index (κ3) is 2.64. The van der Waals surface area contributed by atoms with Gasteiger partial charge in [0.25, 0.3) is 15.9 Å². The van der Waals surface area contributed by atoms with Crippen molar-refractivity contribution in [2.45, 2.75) is 11.8 Å². The predicted molar refractivity (Wildman–Crippen MR) is 97.7 cm³/mol. The summed E-state index contributed by atoms with van der Waals surface area (Å²) in [5.74, 6) is 0.679. The number of furan rings is 1. The first-order chi connectivity index (χ1) is 12.5. The Morgan fingerprint density at radius 1 is 1.19 bits per heavy atom. The van der Waals surface area contributed by atoms with E-state index >= 15 is 0 Å². The Bertz CT molecular complexity index is 1140. The summed E-state index contributed by atoms with van der Waals surface area (Å²) >= 11 is 0. The van der Waals surface area contributed by atoms with Gasteiger partial charge in [0.15, 0.2) is 0 Å². The van der Waals surface area contributed by atoms with E-state index in [1.807, 2.05) is 12.1 Å². The number of carbonyl (C=O) groups is 1. The Morgan fingerprint density at radius 3 is 2.69 bits per heavy atom. The second kappa shape index (κ2) is 5.99. The number of rotatable bonds is 4. The first-order valence-corrected chi connectivity index (χ1v) is 9.34. The summed E-state index contributed by atoms with van der Waals surface area (Å²) in [4.78, 5) is 12.4. The van der Waals surface area contributed by atoms with Crippen LogP contribution in [0.2, 0.25) is 0 Å². The Balaban J connectivity index is 1.56. The fourth-order valence-corrected chi connectivity index (χ4v) is 4.65. The first kappa shape index (κ1) is 16.3. The highest BCUT2D eigenvalue weighted by Crippen LogP contribution is 2.41. The Morgan fingerprint density at radius 2 is 1.96 bits per heavy atom. The van der Waals surface area contributed by atoms with Crippen LogP contribution in [0.25, 0.3) is 10.8 Å². The van der Waals surface area contributed by atoms with Crippen LogP contribution >= 0.6 is 0 Å². The molecule has 1 aromatic heterocycles. The minimum Gasteiger partial charge on any atom is -0.460 e. The summed E-state index contributed by atoms with van der Waals surface area (Å²) in [6.07, 6.45) is 1.36. The molecule has 26 heavy (non-hydrogen) atoms. The van der Waals surface area contributed by atoms with Crippen molar-refractivity contribution in [1.29, 1.82) is 0 Å². The lowest BCUT2D eigenvalue weighted by molar-refractivity contribution is -0.119. The standard InChI is InChI=1S/C18H15N3O4S/c1-12-8-9-14(25-12)10-19-20-17(22)11-21-15-6-2-4-13-5-3-7-16(18(13)15)26(21,23)24/h2-10H,11H2,1H3,(H,20,22)/b19-10-. The van der Waals surface area contributed by atoms with Gasteiger partial charge in [-0.25, -0.2) is 13.8 Å². The number of amides is 1. The van der Waals surface area contributed by atoms with Crippen LogP contribution in [-0.4, -0.2) is 27.1 Å². The highest BCUT2D eigenvalue weighted by atomic mass is 32.2. The van der Waals surface area contributed by atoms with Crippen molar-refractivity contribution in [3.63, 3.8) is 0 Å². The zero-order valence-electron chi connectivity index (χ0n) is 13.8. The highest BCUT2D eigenvalue weighted by Gasteiger charge is 2.36. The number of sulfonamides is 1. The van der Waals surface area contributed by atoms with E-state index in [1.54, 1.807) is 43.3 Å². The first-order valence-electron chi connectivity index (χ1n) is 7.89. The molecule has 0 saturated carbocycles. The number of nitrogens with zero attached hydrogens (tertiary/aromatic N) is 2. The largest absolute Gasteiger partial charge is 0.460 e. The maximum atomic E-state index is 12.8. The number of hydrogen-bond acceptors (Lipinski definition) is 5. The molecule has 1 aliphatic heterocycles. The van der Waals surface area contributed by atoms with Gasteiger partial charge in [-0.2, -0.15) is 5.10 Å². The Hall–Kier alpha value is -3.13. The van der Waals surface area contributed by atoms with Crippen molar-refractivity contribution in [2.75, 3.05) is 10.8 Å². The average Bonchev–Trinajstić information content (AvgIpc) is 3.11. The van der Waals surface area contributed by atoms with Crippen molar-refractivity contribution in [3.05, 3.63) is 60.1 Å². The molecule has 0 fully saturated rings. The summed E-state index contributed by atoms with van der Waals surface area (Å²) in [6, 6.07) is 13.9. The monoisotopic (exact) mass is 369 g/mol. The van der Waals surface area contributed by atoms with Crippen LogP contribution in [0, 0.1) is 6.92 Å². The minimum absolute atomic E-state index is 0.216. The normalized spacial score (nSPS) is 15.0. The lowest BCUT2D eigenvalue weighted by atomic mass is 10.1. The fraction of sp³-hybridized carbons (Fsp3) is 0.111. The number of hydrogen-bond donors (Lipinski definition) is 1. The topological polar surface area (TPSA) is 92.0 Å². The molecule has 3 aromatic rings. The van der Waals surface area contributed by atoms with E-state index in [-0.39, 0.29) is 11.4 Å². The van der Waals surface area contributed by atoms with Gasteiger partial charge in [-0.3, -0.25) is 9.10 Å². The van der Waals surface area contributed by atoms with E-state index < -0.39 is 15.9 Å². The highest BCUT2D eigenvalue weighted by molar-refractivity contribution is 7.93. The van der Waals surface area contributed by atoms with Crippen molar-refractivity contribution >= 4 is 38.6 Å². The zero-order valence-corrected chi connectivity index (χ0v) is 14.7. The Labute approximate surface area is 150 Å². The van der Waals surface area contributed by atoms with Crippen LogP contribution in [0.1, 0.15) is 11.5 Å². The van der Waals surface area contributed by atoms with E-state index in [2.05, 4.69) is 10.5 Å². The molecule has 0 saturated heterocycles. The molecule has 2 heterocycles. The van der Waals surface area contributed by atoms with E-state index in [4.69, 9.17) is 4.42 Å². The van der Waals surface area contributed by atoms with Crippen molar-refractivity contribution < 1.29 is 17.6 Å². The van der Waals surface area contributed by atoms with Gasteiger partial charge < -0.3 is 4.42 Å². The SMILES string of the molecule is Cc1ccc(/C=N\NC(=O)CN2c3cccc4cccc(c34)S2(=O)=O)o1. The molecule has 7 nitrogen and oxygen atoms in total. The fourth-order valence-electron chi connectivity index (χ4n) is 2.98. The van der Waals surface area contributed by atoms with E-state index in [0.717, 1.165) is 15.5 Å². The van der Waals surface area contributed by atoms with E-state index in [9.17, 15) is 13.2 Å². The molecule has 0 bridgehead atoms. The van der Waals surface area contributed by atoms with Crippen molar-refractivity contribution in [2.24, 2.45) is 5.10 Å². The third-order valence-electron chi connectivity index (χ3n) is 4.11. The van der Waals surface area contributed by atoms with Crippen molar-refractivity contribution in [1.82, 2.24) is 5.43 Å². The molecular weight excluding hydrogens is 354 g/mol. The lowest BCUT2D eigenvalue weighted by Gasteiger charge is -2.17. The van der Waals surface area contributed by atoms with Crippen LogP contribution in [0.4, 0.5) is 5.69 Å². The molecule has 0 spiro atoms. The molecule has 0 aliphatic carbocycles. The van der Waals surface area contributed by atoms with Crippen LogP contribution in [0.15, 0.2) is 62.9 Å². The number of anilines is 1. The van der Waals surface area contributed by atoms with E-state index in [1.165, 1.54) is 6.21 Å². The van der Waals surface area contributed by atoms with Gasteiger partial charge in [0.05, 0.1) is 16.8 Å². The van der Waals surface area contributed by atoms with Crippen LogP contribution < -0.4 is 9.73 Å². The van der Waals surface area contributed by atoms with Crippen LogP contribution in [0.5, 0.6) is 0 Å². The molecule has 2 aromatic carbocycles. The zero-order chi connectivity index (χ0) is 18.3. The van der Waals surface area contributed by atoms with Gasteiger partial charge in [-0.1, -0.05) is 24.3 Å². The maximum absolute atomic E-state index is 12.8. The number of aryl methyl sites for hydroxylation is 1. The predicted octanol–water partition coefficient (Wildman–Crippen LogP) is 2.40. The molecule has 1 N–H and O–H groups in total. The second-order valence-corrected chi connectivity index (χ2v) is 7.72. The van der Waals surface area contributed by atoms with Gasteiger partial charge >= 0.3 is 0 Å². The average molecular weight is 369 g/mol. The van der Waals surface area contributed by atoms with Gasteiger partial charge in [0, 0.05) is 5.39 Å². The molecule has 0 radical (unpaired) electrons. The maximum Gasteiger partial charge on any atom is 0.265 e. The molecule has 132 valence electrons. The van der Waals surface area contributed by atoms with Crippen LogP contribution in [-0.2, 0) is 14.8 Å². The van der Waals surface area contributed by atoms with Crippen molar-refractivity contribution in [3.8, 4) is 0 Å². The van der Waals surface area contributed by atoms with Gasteiger partial charge in [0.2, 0.25) is 0 Å². The van der Waals surface area contributed by atoms with Gasteiger partial charge in [-0.05, 0) is 36.6 Å². The molecule has 0 unspecified atom stereocenters.